The topological polar surface area (TPSA) is 78.0 Å². The summed E-state index contributed by atoms with van der Waals surface area (Å²) in [7, 11) is 0. The number of rotatable bonds is 3. The molecule has 84 valence electrons. The third kappa shape index (κ3) is 2.20. The van der Waals surface area contributed by atoms with Gasteiger partial charge in [0.25, 0.3) is 5.91 Å². The molecule has 2 aromatic rings. The normalized spacial score (nSPS) is 12.6. The summed E-state index contributed by atoms with van der Waals surface area (Å²) >= 11 is 0. The van der Waals surface area contributed by atoms with Gasteiger partial charge in [0.05, 0.1) is 17.8 Å². The number of fused-ring (bicyclic) bond motifs is 1. The number of hydrogen-bond acceptors (Lipinski definition) is 3. The number of carbonyl (C=O) groups excluding carboxylic acids is 1. The van der Waals surface area contributed by atoms with E-state index in [9.17, 15) is 4.79 Å². The molecular formula is C11H13N3O2. The zero-order valence-electron chi connectivity index (χ0n) is 8.90. The highest BCUT2D eigenvalue weighted by atomic mass is 16.3. The zero-order valence-corrected chi connectivity index (χ0v) is 8.90. The number of carbonyl (C=O) groups is 1. The summed E-state index contributed by atoms with van der Waals surface area (Å²) in [6.45, 7) is 1.87. The van der Waals surface area contributed by atoms with E-state index in [-0.39, 0.29) is 12.5 Å². The molecule has 1 amide bonds. The summed E-state index contributed by atoms with van der Waals surface area (Å²) < 4.78 is 0. The van der Waals surface area contributed by atoms with Gasteiger partial charge in [-0.05, 0) is 19.1 Å². The molecule has 1 heterocycles. The molecule has 0 aliphatic heterocycles. The van der Waals surface area contributed by atoms with Crippen molar-refractivity contribution in [2.45, 2.75) is 13.0 Å². The third-order valence-corrected chi connectivity index (χ3v) is 2.26. The van der Waals surface area contributed by atoms with Crippen LogP contribution in [0.25, 0.3) is 10.9 Å². The van der Waals surface area contributed by atoms with Crippen molar-refractivity contribution in [3.05, 3.63) is 30.0 Å². The lowest BCUT2D eigenvalue weighted by atomic mass is 10.1. The highest BCUT2D eigenvalue weighted by Crippen LogP contribution is 2.12. The largest absolute Gasteiger partial charge is 0.392 e. The molecular weight excluding hydrogens is 206 g/mol. The maximum atomic E-state index is 11.7. The summed E-state index contributed by atoms with van der Waals surface area (Å²) in [6, 6.07) is 5.30. The van der Waals surface area contributed by atoms with Crippen LogP contribution in [0, 0.1) is 0 Å². The van der Waals surface area contributed by atoms with Crippen molar-refractivity contribution in [3.8, 4) is 0 Å². The van der Waals surface area contributed by atoms with Gasteiger partial charge in [-0.15, -0.1) is 0 Å². The number of benzene rings is 1. The summed E-state index contributed by atoms with van der Waals surface area (Å²) in [5.41, 5.74) is 1.38. The van der Waals surface area contributed by atoms with Crippen molar-refractivity contribution in [3.63, 3.8) is 0 Å². The van der Waals surface area contributed by atoms with Crippen molar-refractivity contribution >= 4 is 16.8 Å². The van der Waals surface area contributed by atoms with Crippen LogP contribution in [0.2, 0.25) is 0 Å². The maximum Gasteiger partial charge on any atom is 0.251 e. The van der Waals surface area contributed by atoms with Crippen molar-refractivity contribution in [2.75, 3.05) is 6.54 Å². The SMILES string of the molecule is CC(O)CNC(=O)c1ccc2cn[nH]c2c1. The number of H-pyrrole nitrogens is 1. The van der Waals surface area contributed by atoms with Gasteiger partial charge in [-0.1, -0.05) is 6.07 Å². The zero-order chi connectivity index (χ0) is 11.5. The Balaban J connectivity index is 2.16. The quantitative estimate of drug-likeness (QED) is 0.710. The van der Waals surface area contributed by atoms with Crippen LogP contribution in [0.3, 0.4) is 0 Å². The Morgan fingerprint density at radius 1 is 1.62 bits per heavy atom. The second-order valence-electron chi connectivity index (χ2n) is 3.73. The van der Waals surface area contributed by atoms with Gasteiger partial charge < -0.3 is 10.4 Å². The van der Waals surface area contributed by atoms with E-state index in [4.69, 9.17) is 5.11 Å². The van der Waals surface area contributed by atoms with E-state index < -0.39 is 6.10 Å². The molecule has 2 rings (SSSR count). The molecule has 3 N–H and O–H groups in total. The van der Waals surface area contributed by atoms with Gasteiger partial charge in [0.1, 0.15) is 0 Å². The van der Waals surface area contributed by atoms with Gasteiger partial charge in [0, 0.05) is 17.5 Å². The van der Waals surface area contributed by atoms with Crippen molar-refractivity contribution in [1.29, 1.82) is 0 Å². The molecule has 1 unspecified atom stereocenters. The number of hydrogen-bond donors (Lipinski definition) is 3. The van der Waals surface area contributed by atoms with E-state index in [1.54, 1.807) is 25.3 Å². The molecule has 0 bridgehead atoms. The summed E-state index contributed by atoms with van der Waals surface area (Å²) in [5, 5.41) is 19.3. The Morgan fingerprint density at radius 2 is 2.44 bits per heavy atom. The van der Waals surface area contributed by atoms with Gasteiger partial charge in [-0.2, -0.15) is 5.10 Å². The lowest BCUT2D eigenvalue weighted by Crippen LogP contribution is -2.30. The smallest absolute Gasteiger partial charge is 0.251 e. The van der Waals surface area contributed by atoms with Crippen LogP contribution in [0.4, 0.5) is 0 Å². The lowest BCUT2D eigenvalue weighted by molar-refractivity contribution is 0.0924. The van der Waals surface area contributed by atoms with E-state index in [1.807, 2.05) is 6.07 Å². The minimum Gasteiger partial charge on any atom is -0.392 e. The van der Waals surface area contributed by atoms with E-state index in [0.717, 1.165) is 10.9 Å². The van der Waals surface area contributed by atoms with E-state index >= 15 is 0 Å². The first-order chi connectivity index (χ1) is 7.66. The van der Waals surface area contributed by atoms with Crippen LogP contribution in [-0.4, -0.2) is 33.9 Å². The van der Waals surface area contributed by atoms with Gasteiger partial charge >= 0.3 is 0 Å². The van der Waals surface area contributed by atoms with Gasteiger partial charge in [0.15, 0.2) is 0 Å². The summed E-state index contributed by atoms with van der Waals surface area (Å²) in [6.07, 6.45) is 1.16. The van der Waals surface area contributed by atoms with Crippen LogP contribution < -0.4 is 5.32 Å². The molecule has 0 saturated carbocycles. The highest BCUT2D eigenvalue weighted by Gasteiger charge is 2.07. The lowest BCUT2D eigenvalue weighted by Gasteiger charge is -2.06. The molecule has 0 radical (unpaired) electrons. The number of aliphatic hydroxyl groups is 1. The first-order valence-electron chi connectivity index (χ1n) is 5.06. The Morgan fingerprint density at radius 3 is 3.19 bits per heavy atom. The van der Waals surface area contributed by atoms with E-state index in [2.05, 4.69) is 15.5 Å². The summed E-state index contributed by atoms with van der Waals surface area (Å²) in [4.78, 5) is 11.7. The molecule has 5 nitrogen and oxygen atoms in total. The Labute approximate surface area is 92.5 Å². The number of aliphatic hydroxyl groups excluding tert-OH is 1. The first kappa shape index (κ1) is 10.6. The second kappa shape index (κ2) is 4.32. The highest BCUT2D eigenvalue weighted by molar-refractivity contribution is 5.97. The molecule has 16 heavy (non-hydrogen) atoms. The predicted molar refractivity (Wildman–Crippen MR) is 60.1 cm³/mol. The van der Waals surface area contributed by atoms with Gasteiger partial charge in [-0.3, -0.25) is 9.89 Å². The van der Waals surface area contributed by atoms with E-state index in [0.29, 0.717) is 5.56 Å². The molecule has 1 aromatic heterocycles. The van der Waals surface area contributed by atoms with E-state index in [1.165, 1.54) is 0 Å². The van der Waals surface area contributed by atoms with Crippen LogP contribution in [0.15, 0.2) is 24.4 Å². The number of nitrogens with one attached hydrogen (secondary N) is 2. The van der Waals surface area contributed by atoms with Crippen LogP contribution in [0.1, 0.15) is 17.3 Å². The molecule has 1 atom stereocenters. The van der Waals surface area contributed by atoms with Crippen molar-refractivity contribution in [2.24, 2.45) is 0 Å². The standard InChI is InChI=1S/C11H13N3O2/c1-7(15)5-12-11(16)8-2-3-9-6-13-14-10(9)4-8/h2-4,6-7,15H,5H2,1H3,(H,12,16)(H,13,14). The Bertz CT molecular complexity index is 505. The van der Waals surface area contributed by atoms with Crippen LogP contribution in [0.5, 0.6) is 0 Å². The molecule has 5 heteroatoms. The average molecular weight is 219 g/mol. The molecule has 0 aliphatic carbocycles. The molecule has 0 aliphatic rings. The maximum absolute atomic E-state index is 11.7. The minimum absolute atomic E-state index is 0.197. The van der Waals surface area contributed by atoms with Crippen molar-refractivity contribution in [1.82, 2.24) is 15.5 Å². The Hall–Kier alpha value is -1.88. The van der Waals surface area contributed by atoms with Gasteiger partial charge in [0.2, 0.25) is 0 Å². The van der Waals surface area contributed by atoms with Gasteiger partial charge in [-0.25, -0.2) is 0 Å². The number of aromatic amines is 1. The minimum atomic E-state index is -0.542. The second-order valence-corrected chi connectivity index (χ2v) is 3.73. The molecule has 0 spiro atoms. The monoisotopic (exact) mass is 219 g/mol. The first-order valence-corrected chi connectivity index (χ1v) is 5.06. The number of amides is 1. The fraction of sp³-hybridized carbons (Fsp3) is 0.273. The fourth-order valence-corrected chi connectivity index (χ4v) is 1.42. The number of nitrogens with zero attached hydrogens (tertiary/aromatic N) is 1. The molecule has 0 fully saturated rings. The van der Waals surface area contributed by atoms with Crippen LogP contribution >= 0.6 is 0 Å². The summed E-state index contributed by atoms with van der Waals surface area (Å²) in [5.74, 6) is -0.197. The molecule has 0 saturated heterocycles. The number of aromatic nitrogens is 2. The Kier molecular flexibility index (Phi) is 2.87. The van der Waals surface area contributed by atoms with Crippen molar-refractivity contribution < 1.29 is 9.90 Å². The predicted octanol–water partition coefficient (Wildman–Crippen LogP) is 0.674. The fourth-order valence-electron chi connectivity index (χ4n) is 1.42. The molecule has 1 aromatic carbocycles. The van der Waals surface area contributed by atoms with Crippen LogP contribution in [-0.2, 0) is 0 Å². The average Bonchev–Trinajstić information content (AvgIpc) is 2.72. The third-order valence-electron chi connectivity index (χ3n) is 2.26.